The van der Waals surface area contributed by atoms with Gasteiger partial charge in [0.05, 0.1) is 12.1 Å². The van der Waals surface area contributed by atoms with E-state index < -0.39 is 5.54 Å². The van der Waals surface area contributed by atoms with Crippen molar-refractivity contribution in [2.75, 3.05) is 32.7 Å². The van der Waals surface area contributed by atoms with E-state index in [1.165, 1.54) is 15.6 Å². The lowest BCUT2D eigenvalue weighted by Crippen LogP contribution is -2.61. The first kappa shape index (κ1) is 19.6. The molecular formula is C20H29N5OS. The van der Waals surface area contributed by atoms with Crippen LogP contribution in [0.5, 0.6) is 0 Å². The molecule has 1 aliphatic rings. The molecule has 1 aromatic heterocycles. The Labute approximate surface area is 165 Å². The first-order valence-corrected chi connectivity index (χ1v) is 10.3. The molecule has 2 heterocycles. The summed E-state index contributed by atoms with van der Waals surface area (Å²) in [6, 6.07) is 8.46. The third kappa shape index (κ3) is 4.25. The maximum absolute atomic E-state index is 11.7. The normalized spacial score (nSPS) is 16.7. The van der Waals surface area contributed by atoms with Gasteiger partial charge in [0.25, 0.3) is 0 Å². The predicted octanol–water partition coefficient (Wildman–Crippen LogP) is 2.25. The zero-order chi connectivity index (χ0) is 19.4. The van der Waals surface area contributed by atoms with Gasteiger partial charge in [0.1, 0.15) is 0 Å². The van der Waals surface area contributed by atoms with Crippen molar-refractivity contribution < 1.29 is 4.79 Å². The summed E-state index contributed by atoms with van der Waals surface area (Å²) in [5.41, 5.74) is 6.21. The summed E-state index contributed by atoms with van der Waals surface area (Å²) in [5.74, 6) is 0.658. The average Bonchev–Trinajstić information content (AvgIpc) is 3.08. The summed E-state index contributed by atoms with van der Waals surface area (Å²) < 4.78 is 1.30. The molecule has 0 atom stereocenters. The van der Waals surface area contributed by atoms with Crippen LogP contribution >= 0.6 is 11.3 Å². The monoisotopic (exact) mass is 387 g/mol. The van der Waals surface area contributed by atoms with Gasteiger partial charge >= 0.3 is 0 Å². The molecule has 1 fully saturated rings. The molecule has 0 spiro atoms. The molecule has 6 nitrogen and oxygen atoms in total. The largest absolute Gasteiger partial charge is 0.368 e. The van der Waals surface area contributed by atoms with Crippen molar-refractivity contribution in [1.82, 2.24) is 15.1 Å². The predicted molar refractivity (Wildman–Crippen MR) is 113 cm³/mol. The van der Waals surface area contributed by atoms with E-state index in [4.69, 9.17) is 10.7 Å². The molecule has 1 aromatic carbocycles. The van der Waals surface area contributed by atoms with Crippen LogP contribution in [0, 0.1) is 0 Å². The molecule has 0 saturated carbocycles. The number of aliphatic imine (C=N–C) groups is 1. The van der Waals surface area contributed by atoms with E-state index >= 15 is 0 Å². The van der Waals surface area contributed by atoms with E-state index in [-0.39, 0.29) is 5.91 Å². The number of thiophene rings is 1. The standard InChI is InChI=1S/C20H29N5OS/c1-4-22-19(23-13-15-14-27-17-8-6-5-7-16(15)17)24-9-11-25(12-10-24)20(2,3)18(21)26/h5-8,14H,4,9-13H2,1-3H3,(H2,21,26)(H,22,23). The van der Waals surface area contributed by atoms with Crippen LogP contribution in [0.3, 0.4) is 0 Å². The molecule has 3 rings (SSSR count). The van der Waals surface area contributed by atoms with Crippen molar-refractivity contribution in [3.63, 3.8) is 0 Å². The summed E-state index contributed by atoms with van der Waals surface area (Å²) in [4.78, 5) is 21.0. The summed E-state index contributed by atoms with van der Waals surface area (Å²) in [5, 5.41) is 6.89. The van der Waals surface area contributed by atoms with Gasteiger partial charge < -0.3 is 16.0 Å². The number of carbonyl (C=O) groups is 1. The minimum Gasteiger partial charge on any atom is -0.368 e. The van der Waals surface area contributed by atoms with Crippen LogP contribution < -0.4 is 11.1 Å². The molecule has 0 radical (unpaired) electrons. The smallest absolute Gasteiger partial charge is 0.237 e. The molecule has 0 unspecified atom stereocenters. The van der Waals surface area contributed by atoms with Crippen molar-refractivity contribution >= 4 is 33.3 Å². The number of amides is 1. The molecule has 27 heavy (non-hydrogen) atoms. The topological polar surface area (TPSA) is 74.0 Å². The molecule has 146 valence electrons. The average molecular weight is 388 g/mol. The highest BCUT2D eigenvalue weighted by Gasteiger charge is 2.35. The van der Waals surface area contributed by atoms with Crippen LogP contribution in [-0.4, -0.2) is 59.9 Å². The second-order valence-corrected chi connectivity index (χ2v) is 8.24. The zero-order valence-electron chi connectivity index (χ0n) is 16.4. The quantitative estimate of drug-likeness (QED) is 0.610. The van der Waals surface area contributed by atoms with Crippen LogP contribution in [0.1, 0.15) is 26.3 Å². The first-order valence-electron chi connectivity index (χ1n) is 9.46. The number of benzene rings is 1. The summed E-state index contributed by atoms with van der Waals surface area (Å²) >= 11 is 1.77. The number of rotatable bonds is 5. The number of carbonyl (C=O) groups excluding carboxylic acids is 1. The second kappa shape index (κ2) is 8.27. The van der Waals surface area contributed by atoms with Crippen LogP contribution in [-0.2, 0) is 11.3 Å². The molecule has 0 aliphatic carbocycles. The van der Waals surface area contributed by atoms with E-state index in [0.29, 0.717) is 6.54 Å². The van der Waals surface area contributed by atoms with Gasteiger partial charge in [0.2, 0.25) is 5.91 Å². The van der Waals surface area contributed by atoms with E-state index in [2.05, 4.69) is 51.7 Å². The van der Waals surface area contributed by atoms with Crippen LogP contribution in [0.2, 0.25) is 0 Å². The van der Waals surface area contributed by atoms with Crippen molar-refractivity contribution in [3.8, 4) is 0 Å². The molecule has 0 bridgehead atoms. The van der Waals surface area contributed by atoms with Crippen molar-refractivity contribution in [1.29, 1.82) is 0 Å². The Hall–Kier alpha value is -2.12. The van der Waals surface area contributed by atoms with Crippen molar-refractivity contribution in [2.24, 2.45) is 10.7 Å². The number of piperazine rings is 1. The number of nitrogens with two attached hydrogens (primary N) is 1. The number of nitrogens with zero attached hydrogens (tertiary/aromatic N) is 3. The van der Waals surface area contributed by atoms with Gasteiger partial charge in [-0.2, -0.15) is 0 Å². The van der Waals surface area contributed by atoms with E-state index in [9.17, 15) is 4.79 Å². The Morgan fingerprint density at radius 2 is 1.96 bits per heavy atom. The number of fused-ring (bicyclic) bond motifs is 1. The van der Waals surface area contributed by atoms with Crippen molar-refractivity contribution in [3.05, 3.63) is 35.2 Å². The molecule has 3 N–H and O–H groups in total. The van der Waals surface area contributed by atoms with Crippen molar-refractivity contribution in [2.45, 2.75) is 32.9 Å². The minimum absolute atomic E-state index is 0.277. The van der Waals surface area contributed by atoms with Gasteiger partial charge in [0, 0.05) is 37.4 Å². The lowest BCUT2D eigenvalue weighted by molar-refractivity contribution is -0.129. The number of guanidine groups is 1. The molecule has 1 saturated heterocycles. The molecule has 2 aromatic rings. The van der Waals surface area contributed by atoms with Crippen LogP contribution in [0.25, 0.3) is 10.1 Å². The Kier molecular flexibility index (Phi) is 6.01. The van der Waals surface area contributed by atoms with Crippen LogP contribution in [0.15, 0.2) is 34.6 Å². The molecule has 7 heteroatoms. The summed E-state index contributed by atoms with van der Waals surface area (Å²) in [6.45, 7) is 10.6. The maximum atomic E-state index is 11.7. The Morgan fingerprint density at radius 3 is 2.63 bits per heavy atom. The van der Waals surface area contributed by atoms with Gasteiger partial charge in [-0.3, -0.25) is 9.69 Å². The summed E-state index contributed by atoms with van der Waals surface area (Å²) in [7, 11) is 0. The number of nitrogens with one attached hydrogen (secondary N) is 1. The van der Waals surface area contributed by atoms with Gasteiger partial charge in [-0.25, -0.2) is 4.99 Å². The Balaban J connectivity index is 1.69. The minimum atomic E-state index is -0.614. The highest BCUT2D eigenvalue weighted by Crippen LogP contribution is 2.26. The summed E-state index contributed by atoms with van der Waals surface area (Å²) in [6.07, 6.45) is 0. The Morgan fingerprint density at radius 1 is 1.26 bits per heavy atom. The number of hydrogen-bond acceptors (Lipinski definition) is 4. The molecular weight excluding hydrogens is 358 g/mol. The lowest BCUT2D eigenvalue weighted by atomic mass is 10.0. The molecule has 1 aliphatic heterocycles. The second-order valence-electron chi connectivity index (χ2n) is 7.32. The lowest BCUT2D eigenvalue weighted by Gasteiger charge is -2.43. The van der Waals surface area contributed by atoms with E-state index in [1.54, 1.807) is 11.3 Å². The van der Waals surface area contributed by atoms with Gasteiger partial charge in [-0.05, 0) is 43.2 Å². The van der Waals surface area contributed by atoms with E-state index in [0.717, 1.165) is 38.7 Å². The fourth-order valence-corrected chi connectivity index (χ4v) is 4.33. The van der Waals surface area contributed by atoms with Gasteiger partial charge in [0.15, 0.2) is 5.96 Å². The number of hydrogen-bond donors (Lipinski definition) is 2. The zero-order valence-corrected chi connectivity index (χ0v) is 17.2. The molecule has 1 amide bonds. The Bertz CT molecular complexity index is 821. The first-order chi connectivity index (χ1) is 12.9. The third-order valence-electron chi connectivity index (χ3n) is 5.27. The highest BCUT2D eigenvalue weighted by molar-refractivity contribution is 7.17. The van der Waals surface area contributed by atoms with Crippen LogP contribution in [0.4, 0.5) is 0 Å². The van der Waals surface area contributed by atoms with E-state index in [1.807, 2.05) is 13.8 Å². The highest BCUT2D eigenvalue weighted by atomic mass is 32.1. The fourth-order valence-electron chi connectivity index (χ4n) is 3.37. The third-order valence-corrected chi connectivity index (χ3v) is 6.28. The van der Waals surface area contributed by atoms with Gasteiger partial charge in [-0.15, -0.1) is 11.3 Å². The SMILES string of the molecule is CCNC(=NCc1csc2ccccc12)N1CCN(C(C)(C)C(N)=O)CC1. The fraction of sp³-hybridized carbons (Fsp3) is 0.500. The maximum Gasteiger partial charge on any atom is 0.237 e. The number of primary amides is 1. The van der Waals surface area contributed by atoms with Gasteiger partial charge in [-0.1, -0.05) is 18.2 Å².